The van der Waals surface area contributed by atoms with Gasteiger partial charge in [-0.25, -0.2) is 0 Å². The van der Waals surface area contributed by atoms with Crippen LogP contribution < -0.4 is 5.32 Å². The summed E-state index contributed by atoms with van der Waals surface area (Å²) in [6, 6.07) is 13.2. The van der Waals surface area contributed by atoms with Crippen LogP contribution in [-0.4, -0.2) is 6.54 Å². The Morgan fingerprint density at radius 1 is 1.33 bits per heavy atom. The van der Waals surface area contributed by atoms with E-state index in [1.807, 2.05) is 6.07 Å². The number of nitrogens with one attached hydrogen (secondary N) is 1. The van der Waals surface area contributed by atoms with Gasteiger partial charge in [-0.05, 0) is 24.3 Å². The molecule has 78 valence electrons. The molecule has 2 heteroatoms. The fraction of sp³-hybridized carbons (Fsp3) is 0.462. The third-order valence-electron chi connectivity index (χ3n) is 2.85. The first kappa shape index (κ1) is 10.2. The molecule has 15 heavy (non-hydrogen) atoms. The molecule has 1 aromatic carbocycles. The quantitative estimate of drug-likeness (QED) is 0.742. The molecular formula is C13H16N2. The van der Waals surface area contributed by atoms with Crippen LogP contribution in [0.3, 0.4) is 0 Å². The van der Waals surface area contributed by atoms with Crippen LogP contribution in [0.1, 0.15) is 30.9 Å². The Hall–Kier alpha value is -1.33. The molecule has 0 heterocycles. The second kappa shape index (κ2) is 4.95. The Labute approximate surface area is 90.9 Å². The summed E-state index contributed by atoms with van der Waals surface area (Å²) in [6.07, 6.45) is 3.23. The third-order valence-corrected chi connectivity index (χ3v) is 2.85. The summed E-state index contributed by atoms with van der Waals surface area (Å²) in [5, 5.41) is 12.0. The van der Waals surface area contributed by atoms with Crippen molar-refractivity contribution in [2.75, 3.05) is 6.54 Å². The van der Waals surface area contributed by atoms with Gasteiger partial charge in [0.1, 0.15) is 0 Å². The van der Waals surface area contributed by atoms with Crippen LogP contribution in [0.2, 0.25) is 0 Å². The maximum absolute atomic E-state index is 8.51. The first-order chi connectivity index (χ1) is 7.42. The largest absolute Gasteiger partial charge is 0.309 e. The molecule has 0 aromatic heterocycles. The topological polar surface area (TPSA) is 35.8 Å². The minimum absolute atomic E-state index is 0.458. The maximum atomic E-state index is 8.51. The lowest BCUT2D eigenvalue weighted by Crippen LogP contribution is -2.23. The Bertz CT molecular complexity index is 335. The molecule has 1 aromatic rings. The van der Waals surface area contributed by atoms with Crippen molar-refractivity contribution in [1.82, 2.24) is 5.32 Å². The predicted octanol–water partition coefficient (Wildman–Crippen LogP) is 2.64. The molecule has 0 bridgehead atoms. The maximum Gasteiger partial charge on any atom is 0.0635 e. The van der Waals surface area contributed by atoms with E-state index in [0.717, 1.165) is 12.5 Å². The van der Waals surface area contributed by atoms with E-state index in [-0.39, 0.29) is 0 Å². The lowest BCUT2D eigenvalue weighted by atomic mass is 10.0. The Balaban J connectivity index is 1.98. The third kappa shape index (κ3) is 2.81. The van der Waals surface area contributed by atoms with Gasteiger partial charge >= 0.3 is 0 Å². The number of rotatable bonds is 5. The van der Waals surface area contributed by atoms with Crippen molar-refractivity contribution >= 4 is 0 Å². The lowest BCUT2D eigenvalue weighted by molar-refractivity contribution is 0.488. The molecule has 0 spiro atoms. The van der Waals surface area contributed by atoms with Crippen molar-refractivity contribution in [3.8, 4) is 6.07 Å². The highest BCUT2D eigenvalue weighted by Gasteiger charge is 2.31. The van der Waals surface area contributed by atoms with Crippen LogP contribution in [0.25, 0.3) is 0 Å². The van der Waals surface area contributed by atoms with Gasteiger partial charge in [-0.15, -0.1) is 0 Å². The van der Waals surface area contributed by atoms with Gasteiger partial charge in [0.05, 0.1) is 6.07 Å². The van der Waals surface area contributed by atoms with E-state index in [9.17, 15) is 0 Å². The molecule has 0 aliphatic heterocycles. The van der Waals surface area contributed by atoms with E-state index in [4.69, 9.17) is 5.26 Å². The highest BCUT2D eigenvalue weighted by Crippen LogP contribution is 2.40. The van der Waals surface area contributed by atoms with Crippen LogP contribution in [0.15, 0.2) is 30.3 Å². The van der Waals surface area contributed by atoms with Crippen LogP contribution >= 0.6 is 0 Å². The molecule has 2 nitrogen and oxygen atoms in total. The smallest absolute Gasteiger partial charge is 0.0635 e. The van der Waals surface area contributed by atoms with Gasteiger partial charge in [0.25, 0.3) is 0 Å². The van der Waals surface area contributed by atoms with Gasteiger partial charge in [0, 0.05) is 19.0 Å². The van der Waals surface area contributed by atoms with Gasteiger partial charge in [0.15, 0.2) is 0 Å². The number of nitriles is 1. The SMILES string of the molecule is N#CCCNC(c1ccccc1)C1CC1. The molecule has 1 N–H and O–H groups in total. The summed E-state index contributed by atoms with van der Waals surface area (Å²) < 4.78 is 0. The Morgan fingerprint density at radius 3 is 2.67 bits per heavy atom. The van der Waals surface area contributed by atoms with Crippen molar-refractivity contribution in [3.05, 3.63) is 35.9 Å². The van der Waals surface area contributed by atoms with E-state index >= 15 is 0 Å². The zero-order valence-corrected chi connectivity index (χ0v) is 8.82. The molecule has 0 amide bonds. The predicted molar refractivity (Wildman–Crippen MR) is 60.1 cm³/mol. The minimum atomic E-state index is 0.458. The minimum Gasteiger partial charge on any atom is -0.309 e. The normalized spacial score (nSPS) is 17.0. The van der Waals surface area contributed by atoms with Gasteiger partial charge in [-0.2, -0.15) is 5.26 Å². The zero-order chi connectivity index (χ0) is 10.5. The second-order valence-electron chi connectivity index (χ2n) is 4.09. The lowest BCUT2D eigenvalue weighted by Gasteiger charge is -2.17. The molecule has 1 aliphatic carbocycles. The van der Waals surface area contributed by atoms with Gasteiger partial charge in [-0.1, -0.05) is 30.3 Å². The van der Waals surface area contributed by atoms with Gasteiger partial charge in [-0.3, -0.25) is 0 Å². The molecule has 0 saturated heterocycles. The van der Waals surface area contributed by atoms with Crippen molar-refractivity contribution in [1.29, 1.82) is 5.26 Å². The monoisotopic (exact) mass is 200 g/mol. The van der Waals surface area contributed by atoms with Crippen molar-refractivity contribution in [2.24, 2.45) is 5.92 Å². The van der Waals surface area contributed by atoms with Crippen LogP contribution in [0.5, 0.6) is 0 Å². The summed E-state index contributed by atoms with van der Waals surface area (Å²) in [5.41, 5.74) is 1.36. The average molecular weight is 200 g/mol. The van der Waals surface area contributed by atoms with Crippen molar-refractivity contribution < 1.29 is 0 Å². The number of nitrogens with zero attached hydrogens (tertiary/aromatic N) is 1. The van der Waals surface area contributed by atoms with E-state index < -0.39 is 0 Å². The van der Waals surface area contributed by atoms with E-state index in [1.54, 1.807) is 0 Å². The van der Waals surface area contributed by atoms with Crippen molar-refractivity contribution in [2.45, 2.75) is 25.3 Å². The fourth-order valence-electron chi connectivity index (χ4n) is 1.93. The fourth-order valence-corrected chi connectivity index (χ4v) is 1.93. The first-order valence-corrected chi connectivity index (χ1v) is 5.57. The second-order valence-corrected chi connectivity index (χ2v) is 4.09. The summed E-state index contributed by atoms with van der Waals surface area (Å²) in [7, 11) is 0. The molecule has 1 atom stereocenters. The zero-order valence-electron chi connectivity index (χ0n) is 8.82. The number of benzene rings is 1. The number of hydrogen-bond acceptors (Lipinski definition) is 2. The molecule has 1 aliphatic rings. The number of hydrogen-bond donors (Lipinski definition) is 1. The van der Waals surface area contributed by atoms with Gasteiger partial charge < -0.3 is 5.32 Å². The summed E-state index contributed by atoms with van der Waals surface area (Å²) in [5.74, 6) is 0.783. The van der Waals surface area contributed by atoms with E-state index in [0.29, 0.717) is 12.5 Å². The molecule has 1 unspecified atom stereocenters. The summed E-state index contributed by atoms with van der Waals surface area (Å²) in [4.78, 5) is 0. The van der Waals surface area contributed by atoms with Crippen molar-refractivity contribution in [3.63, 3.8) is 0 Å². The van der Waals surface area contributed by atoms with Gasteiger partial charge in [0.2, 0.25) is 0 Å². The molecule has 1 saturated carbocycles. The van der Waals surface area contributed by atoms with E-state index in [1.165, 1.54) is 18.4 Å². The highest BCUT2D eigenvalue weighted by molar-refractivity contribution is 5.21. The van der Waals surface area contributed by atoms with Crippen LogP contribution in [0.4, 0.5) is 0 Å². The average Bonchev–Trinajstić information content (AvgIpc) is 3.10. The van der Waals surface area contributed by atoms with Crippen LogP contribution in [0, 0.1) is 17.2 Å². The summed E-state index contributed by atoms with van der Waals surface area (Å²) >= 11 is 0. The molecule has 1 fully saturated rings. The first-order valence-electron chi connectivity index (χ1n) is 5.57. The Kier molecular flexibility index (Phi) is 3.37. The molecule has 2 rings (SSSR count). The summed E-state index contributed by atoms with van der Waals surface area (Å²) in [6.45, 7) is 0.798. The van der Waals surface area contributed by atoms with E-state index in [2.05, 4.69) is 35.7 Å². The molecular weight excluding hydrogens is 184 g/mol. The molecule has 0 radical (unpaired) electrons. The Morgan fingerprint density at radius 2 is 2.07 bits per heavy atom. The van der Waals surface area contributed by atoms with Crippen LogP contribution in [-0.2, 0) is 0 Å². The standard InChI is InChI=1S/C13H16N2/c14-9-4-10-15-13(12-7-8-12)11-5-2-1-3-6-11/h1-3,5-6,12-13,15H,4,7-8,10H2. The highest BCUT2D eigenvalue weighted by atomic mass is 14.9.